The van der Waals surface area contributed by atoms with E-state index in [2.05, 4.69) is 17.7 Å². The zero-order valence-electron chi connectivity index (χ0n) is 26.4. The molecule has 3 aliphatic rings. The van der Waals surface area contributed by atoms with Crippen LogP contribution in [0.15, 0.2) is 67.0 Å². The molecule has 1 aliphatic carbocycles. The van der Waals surface area contributed by atoms with Gasteiger partial charge in [-0.2, -0.15) is 4.57 Å². The Morgan fingerprint density at radius 2 is 1.61 bits per heavy atom. The minimum atomic E-state index is -0.536. The number of para-hydroxylation sites is 1. The Labute approximate surface area is 262 Å². The van der Waals surface area contributed by atoms with Crippen molar-refractivity contribution in [2.24, 2.45) is 5.92 Å². The fourth-order valence-corrected chi connectivity index (χ4v) is 7.55. The molecule has 7 heteroatoms. The van der Waals surface area contributed by atoms with Gasteiger partial charge < -0.3 is 14.5 Å². The molecular weight excluding hydrogens is 548 g/mol. The Kier molecular flexibility index (Phi) is 9.31. The van der Waals surface area contributed by atoms with Crippen LogP contribution in [0, 0.1) is 12.8 Å². The van der Waals surface area contributed by atoms with Crippen LogP contribution in [0.5, 0.6) is 11.5 Å². The maximum absolute atomic E-state index is 14.1. The van der Waals surface area contributed by atoms with E-state index in [1.807, 2.05) is 72.4 Å². The number of likely N-dealkylation sites (tertiary alicyclic amines) is 1. The molecule has 3 aromatic rings. The van der Waals surface area contributed by atoms with Crippen molar-refractivity contribution in [2.45, 2.75) is 83.3 Å². The number of ether oxygens (including phenoxy) is 1. The fraction of sp³-hybridized carbons (Fsp3) is 0.486. The number of hydrogen-bond acceptors (Lipinski definition) is 3. The van der Waals surface area contributed by atoms with Crippen LogP contribution in [-0.2, 0) is 11.5 Å². The monoisotopic (exact) mass is 596 g/mol. The van der Waals surface area contributed by atoms with E-state index in [0.29, 0.717) is 23.7 Å². The van der Waals surface area contributed by atoms with Gasteiger partial charge >= 0.3 is 0 Å². The number of rotatable bonds is 7. The van der Waals surface area contributed by atoms with E-state index in [4.69, 9.17) is 4.74 Å². The van der Waals surface area contributed by atoms with Gasteiger partial charge in [0.15, 0.2) is 12.4 Å². The largest absolute Gasteiger partial charge is 0.457 e. The number of aryl methyl sites for hydroxylation is 1. The van der Waals surface area contributed by atoms with Crippen molar-refractivity contribution in [3.05, 3.63) is 89.2 Å². The number of carbonyl (C=O) groups is 2. The van der Waals surface area contributed by atoms with Crippen molar-refractivity contribution in [3.8, 4) is 11.5 Å². The number of amides is 2. The van der Waals surface area contributed by atoms with Gasteiger partial charge in [0.05, 0.1) is 32.6 Å². The second-order valence-electron chi connectivity index (χ2n) is 13.6. The minimum absolute atomic E-state index is 0.0176. The number of fused-ring (bicyclic) bond motifs is 2. The lowest BCUT2D eigenvalue weighted by Gasteiger charge is -2.43. The summed E-state index contributed by atoms with van der Waals surface area (Å²) in [5.41, 5.74) is 3.21. The third-order valence-corrected chi connectivity index (χ3v) is 10.0. The second-order valence-corrected chi connectivity index (χ2v) is 13.6. The summed E-state index contributed by atoms with van der Waals surface area (Å²) in [6, 6.07) is 17.3. The Hall–Kier alpha value is -3.71. The van der Waals surface area contributed by atoms with Crippen molar-refractivity contribution in [1.82, 2.24) is 10.6 Å². The van der Waals surface area contributed by atoms with E-state index in [1.165, 1.54) is 51.5 Å². The summed E-state index contributed by atoms with van der Waals surface area (Å²) >= 11 is 0. The average molecular weight is 597 g/mol. The minimum Gasteiger partial charge on any atom is -0.457 e. The number of piperidine rings is 1. The second kappa shape index (κ2) is 13.5. The molecule has 2 amide bonds. The van der Waals surface area contributed by atoms with E-state index in [0.717, 1.165) is 53.0 Å². The van der Waals surface area contributed by atoms with E-state index in [-0.39, 0.29) is 17.9 Å². The summed E-state index contributed by atoms with van der Waals surface area (Å²) in [6.07, 6.45) is 15.6. The molecule has 0 radical (unpaired) electrons. The van der Waals surface area contributed by atoms with Crippen molar-refractivity contribution in [3.63, 3.8) is 0 Å². The summed E-state index contributed by atoms with van der Waals surface area (Å²) in [5.74, 6) is 1.42. The molecule has 0 spiro atoms. The Bertz CT molecular complexity index is 1470. The van der Waals surface area contributed by atoms with Gasteiger partial charge in [0.25, 0.3) is 5.91 Å². The van der Waals surface area contributed by atoms with E-state index >= 15 is 0 Å². The van der Waals surface area contributed by atoms with Crippen LogP contribution >= 0.6 is 0 Å². The quantitative estimate of drug-likeness (QED) is 0.260. The maximum atomic E-state index is 14.1. The van der Waals surface area contributed by atoms with Gasteiger partial charge in [0.2, 0.25) is 12.6 Å². The van der Waals surface area contributed by atoms with Crippen molar-refractivity contribution < 1.29 is 23.4 Å². The summed E-state index contributed by atoms with van der Waals surface area (Å²) in [6.45, 7) is 5.86. The van der Waals surface area contributed by atoms with Gasteiger partial charge in [-0.1, -0.05) is 50.3 Å². The zero-order valence-corrected chi connectivity index (χ0v) is 26.4. The van der Waals surface area contributed by atoms with Crippen molar-refractivity contribution in [2.75, 3.05) is 26.7 Å². The molecule has 2 fully saturated rings. The number of quaternary nitrogens is 1. The maximum Gasteiger partial charge on any atom is 0.256 e. The highest BCUT2D eigenvalue weighted by Crippen LogP contribution is 2.44. The summed E-state index contributed by atoms with van der Waals surface area (Å²) in [4.78, 5) is 27.3. The van der Waals surface area contributed by atoms with Crippen molar-refractivity contribution in [1.29, 1.82) is 0 Å². The molecule has 2 N–H and O–H groups in total. The smallest absolute Gasteiger partial charge is 0.256 e. The lowest BCUT2D eigenvalue weighted by Crippen LogP contribution is -2.56. The molecule has 6 rings (SSSR count). The third-order valence-electron chi connectivity index (χ3n) is 10.0. The number of benzene rings is 2. The van der Waals surface area contributed by atoms with Gasteiger partial charge in [0, 0.05) is 53.1 Å². The first kappa shape index (κ1) is 30.3. The molecule has 2 aliphatic heterocycles. The summed E-state index contributed by atoms with van der Waals surface area (Å²) < 4.78 is 9.28. The predicted octanol–water partition coefficient (Wildman–Crippen LogP) is 5.99. The molecule has 1 saturated carbocycles. The first-order chi connectivity index (χ1) is 21.4. The topological polar surface area (TPSA) is 71.3 Å². The molecule has 232 valence electrons. The molecule has 1 atom stereocenters. The molecule has 1 aromatic heterocycles. The Balaban J connectivity index is 1.14. The highest BCUT2D eigenvalue weighted by Gasteiger charge is 2.37. The van der Waals surface area contributed by atoms with Crippen LogP contribution in [0.2, 0.25) is 0 Å². The van der Waals surface area contributed by atoms with Gasteiger partial charge in [-0.3, -0.25) is 14.9 Å². The molecule has 1 saturated heterocycles. The summed E-state index contributed by atoms with van der Waals surface area (Å²) in [7, 11) is 2.42. The molecule has 1 unspecified atom stereocenters. The molecule has 3 heterocycles. The molecule has 0 bridgehead atoms. The number of hydrogen-bond donors (Lipinski definition) is 2. The lowest BCUT2D eigenvalue weighted by molar-refractivity contribution is -0.917. The number of nitrogens with zero attached hydrogens (tertiary/aromatic N) is 2. The Morgan fingerprint density at radius 1 is 0.886 bits per heavy atom. The van der Waals surface area contributed by atoms with Crippen molar-refractivity contribution >= 4 is 11.8 Å². The normalized spacial score (nSPS) is 23.7. The third kappa shape index (κ3) is 7.15. The first-order valence-corrected chi connectivity index (χ1v) is 16.7. The van der Waals surface area contributed by atoms with Gasteiger partial charge in [-0.25, -0.2) is 0 Å². The van der Waals surface area contributed by atoms with Gasteiger partial charge in [-0.15, -0.1) is 0 Å². The van der Waals surface area contributed by atoms with E-state index in [9.17, 15) is 9.59 Å². The molecule has 7 nitrogen and oxygen atoms in total. The number of pyridine rings is 1. The molecule has 44 heavy (non-hydrogen) atoms. The predicted molar refractivity (Wildman–Crippen MR) is 171 cm³/mol. The lowest BCUT2D eigenvalue weighted by atomic mass is 9.85. The highest BCUT2D eigenvalue weighted by atomic mass is 16.5. The zero-order chi connectivity index (χ0) is 30.5. The average Bonchev–Trinajstić information content (AvgIpc) is 3.01. The standard InChI is InChI=1S/C37H46N4O3/c1-27-11-10-20-40(24-27)26-38-36(42)29-16-17-34-32(23-29)35(31-14-8-9-15-33(31)44-34)37(43)39-30-18-21-41(2,22-19-30)25-28-12-6-4-3-5-7-13-28/h8-11,14-17,20,23-24,28,30,35H,3-7,12-13,18-19,21-22,25-26H2,1-2H3/p+2. The fourth-order valence-electron chi connectivity index (χ4n) is 7.55. The van der Waals surface area contributed by atoms with Crippen LogP contribution in [0.4, 0.5) is 0 Å². The van der Waals surface area contributed by atoms with Gasteiger partial charge in [-0.05, 0) is 50.1 Å². The van der Waals surface area contributed by atoms with Gasteiger partial charge in [0.1, 0.15) is 11.5 Å². The molecule has 2 aromatic carbocycles. The molecular formula is C37H48N4O3+2. The number of aromatic nitrogens is 1. The number of carbonyl (C=O) groups excluding carboxylic acids is 2. The highest BCUT2D eigenvalue weighted by molar-refractivity contribution is 5.96. The van der Waals surface area contributed by atoms with Crippen LogP contribution in [0.3, 0.4) is 0 Å². The SMILES string of the molecule is Cc1ccc[n+](CNC(=O)c2ccc3c(c2)C(C(=O)NC2CC[N+](C)(CC4CCCCCCC4)CC2)c2ccccc2O3)c1. The van der Waals surface area contributed by atoms with Crippen LogP contribution in [0.1, 0.15) is 90.8 Å². The van der Waals surface area contributed by atoms with Crippen LogP contribution in [-0.4, -0.2) is 49.0 Å². The van der Waals surface area contributed by atoms with Crippen LogP contribution in [0.25, 0.3) is 0 Å². The van der Waals surface area contributed by atoms with E-state index < -0.39 is 5.92 Å². The van der Waals surface area contributed by atoms with E-state index in [1.54, 1.807) is 6.07 Å². The Morgan fingerprint density at radius 3 is 2.39 bits per heavy atom. The van der Waals surface area contributed by atoms with Crippen LogP contribution < -0.4 is 19.9 Å². The first-order valence-electron chi connectivity index (χ1n) is 16.7. The summed E-state index contributed by atoms with van der Waals surface area (Å²) in [5, 5.41) is 6.42. The number of nitrogens with one attached hydrogen (secondary N) is 2.